The smallest absolute Gasteiger partial charge is 0.434 e. The van der Waals surface area contributed by atoms with Gasteiger partial charge in [0, 0.05) is 47.2 Å². The highest BCUT2D eigenvalue weighted by Gasteiger charge is 2.37. The first-order valence-electron chi connectivity index (χ1n) is 13.4. The molecule has 0 saturated heterocycles. The molecule has 0 aliphatic carbocycles. The summed E-state index contributed by atoms with van der Waals surface area (Å²) in [4.78, 5) is 44.9. The number of ether oxygens (including phenoxy) is 3. The Balaban J connectivity index is 1.53. The highest BCUT2D eigenvalue weighted by atomic mass is 19.1. The fourth-order valence-electron chi connectivity index (χ4n) is 5.01. The summed E-state index contributed by atoms with van der Waals surface area (Å²) in [5, 5.41) is 0.792. The van der Waals surface area contributed by atoms with Crippen LogP contribution in [-0.4, -0.2) is 48.2 Å². The summed E-state index contributed by atoms with van der Waals surface area (Å²) in [6.45, 7) is 5.91. The summed E-state index contributed by atoms with van der Waals surface area (Å²) in [5.41, 5.74) is 2.22. The second kappa shape index (κ2) is 11.4. The zero-order chi connectivity index (χ0) is 30.0. The first-order valence-corrected chi connectivity index (χ1v) is 13.4. The van der Waals surface area contributed by atoms with E-state index in [4.69, 9.17) is 14.2 Å². The van der Waals surface area contributed by atoms with Crippen molar-refractivity contribution in [3.63, 3.8) is 0 Å². The standard InChI is InChI=1S/C32H30FN3O6/c1-5-40-31(39)42-26-18-36(29(37)20-11-13-21(33)14-12-20)19-32(2,3)27-24-16-15-23(17-25(24)34-28(26)27)41-30(38)35(4)22-9-7-6-8-10-22/h6-18,34H,5,19H2,1-4H3. The number of anilines is 1. The van der Waals surface area contributed by atoms with Gasteiger partial charge < -0.3 is 24.1 Å². The number of para-hydroxylation sites is 1. The summed E-state index contributed by atoms with van der Waals surface area (Å²) in [7, 11) is 1.62. The van der Waals surface area contributed by atoms with Gasteiger partial charge in [-0.3, -0.25) is 9.69 Å². The Hall–Kier alpha value is -5.12. The minimum absolute atomic E-state index is 0.0723. The summed E-state index contributed by atoms with van der Waals surface area (Å²) in [5.74, 6) is -0.459. The van der Waals surface area contributed by atoms with E-state index in [1.54, 1.807) is 38.2 Å². The first-order chi connectivity index (χ1) is 20.1. The third kappa shape index (κ3) is 5.69. The van der Waals surface area contributed by atoms with Crippen molar-refractivity contribution in [1.29, 1.82) is 0 Å². The Bertz CT molecular complexity index is 1680. The van der Waals surface area contributed by atoms with Crippen LogP contribution in [0.25, 0.3) is 16.7 Å². The van der Waals surface area contributed by atoms with Gasteiger partial charge in [0.05, 0.1) is 18.5 Å². The van der Waals surface area contributed by atoms with Gasteiger partial charge in [0.2, 0.25) is 0 Å². The van der Waals surface area contributed by atoms with Crippen molar-refractivity contribution in [2.45, 2.75) is 26.2 Å². The first kappa shape index (κ1) is 28.4. The number of rotatable bonds is 5. The maximum atomic E-state index is 13.5. The number of hydrogen-bond donors (Lipinski definition) is 1. The number of H-pyrrole nitrogens is 1. The largest absolute Gasteiger partial charge is 0.513 e. The Kier molecular flexibility index (Phi) is 7.71. The van der Waals surface area contributed by atoms with E-state index < -0.39 is 23.5 Å². The minimum Gasteiger partial charge on any atom is -0.434 e. The van der Waals surface area contributed by atoms with Gasteiger partial charge in [-0.1, -0.05) is 32.0 Å². The van der Waals surface area contributed by atoms with E-state index in [0.717, 1.165) is 10.9 Å². The lowest BCUT2D eigenvalue weighted by atomic mass is 9.82. The van der Waals surface area contributed by atoms with E-state index >= 15 is 0 Å². The van der Waals surface area contributed by atoms with Crippen molar-refractivity contribution in [2.24, 2.45) is 0 Å². The van der Waals surface area contributed by atoms with Crippen LogP contribution in [-0.2, 0) is 14.9 Å². The van der Waals surface area contributed by atoms with Crippen LogP contribution in [0.3, 0.4) is 0 Å². The summed E-state index contributed by atoms with van der Waals surface area (Å²) in [6, 6.07) is 19.6. The molecule has 2 heterocycles. The lowest BCUT2D eigenvalue weighted by Crippen LogP contribution is -2.36. The van der Waals surface area contributed by atoms with Crippen molar-refractivity contribution in [3.8, 4) is 5.75 Å². The molecular weight excluding hydrogens is 541 g/mol. The zero-order valence-electron chi connectivity index (χ0n) is 23.6. The van der Waals surface area contributed by atoms with Crippen molar-refractivity contribution in [3.05, 3.63) is 102 Å². The topological polar surface area (TPSA) is 101 Å². The number of carbonyl (C=O) groups is 3. The fourth-order valence-corrected chi connectivity index (χ4v) is 5.01. The Morgan fingerprint density at radius 3 is 2.40 bits per heavy atom. The maximum absolute atomic E-state index is 13.5. The molecule has 5 rings (SSSR count). The number of amides is 2. The van der Waals surface area contributed by atoms with E-state index in [1.807, 2.05) is 38.1 Å². The van der Waals surface area contributed by atoms with Gasteiger partial charge in [-0.25, -0.2) is 14.0 Å². The Morgan fingerprint density at radius 2 is 1.71 bits per heavy atom. The number of benzene rings is 3. The second-order valence-electron chi connectivity index (χ2n) is 10.4. The molecule has 0 bridgehead atoms. The summed E-state index contributed by atoms with van der Waals surface area (Å²) < 4.78 is 29.8. The van der Waals surface area contributed by atoms with Crippen LogP contribution in [0.4, 0.5) is 19.7 Å². The fraction of sp³-hybridized carbons (Fsp3) is 0.219. The van der Waals surface area contributed by atoms with E-state index in [9.17, 15) is 18.8 Å². The molecule has 0 unspecified atom stereocenters. The van der Waals surface area contributed by atoms with Gasteiger partial charge in [-0.15, -0.1) is 0 Å². The van der Waals surface area contributed by atoms with Crippen LogP contribution in [0.2, 0.25) is 0 Å². The molecule has 4 aromatic rings. The second-order valence-corrected chi connectivity index (χ2v) is 10.4. The number of aromatic amines is 1. The predicted molar refractivity (Wildman–Crippen MR) is 156 cm³/mol. The zero-order valence-corrected chi connectivity index (χ0v) is 23.6. The van der Waals surface area contributed by atoms with E-state index in [0.29, 0.717) is 22.6 Å². The molecule has 9 nitrogen and oxygen atoms in total. The molecular formula is C32H30FN3O6. The van der Waals surface area contributed by atoms with E-state index in [-0.39, 0.29) is 30.4 Å². The van der Waals surface area contributed by atoms with Crippen molar-refractivity contribution in [2.75, 3.05) is 25.1 Å². The van der Waals surface area contributed by atoms with Gasteiger partial charge in [0.15, 0.2) is 5.76 Å². The number of nitrogens with one attached hydrogen (secondary N) is 1. The quantitative estimate of drug-likeness (QED) is 0.263. The normalized spacial score (nSPS) is 13.9. The molecule has 1 aliphatic rings. The Morgan fingerprint density at radius 1 is 1.00 bits per heavy atom. The molecule has 0 radical (unpaired) electrons. The number of halogens is 1. The van der Waals surface area contributed by atoms with Crippen LogP contribution in [0.1, 0.15) is 42.4 Å². The monoisotopic (exact) mass is 571 g/mol. The molecule has 42 heavy (non-hydrogen) atoms. The van der Waals surface area contributed by atoms with Gasteiger partial charge >= 0.3 is 12.2 Å². The molecule has 2 amide bonds. The molecule has 3 aromatic carbocycles. The number of aromatic nitrogens is 1. The average Bonchev–Trinajstić information content (AvgIpc) is 3.32. The Labute approximate surface area is 242 Å². The molecule has 1 aromatic heterocycles. The van der Waals surface area contributed by atoms with Crippen LogP contribution < -0.4 is 9.64 Å². The molecule has 10 heteroatoms. The number of carbonyl (C=O) groups excluding carboxylic acids is 3. The van der Waals surface area contributed by atoms with Crippen LogP contribution in [0.5, 0.6) is 5.75 Å². The molecule has 0 atom stereocenters. The lowest BCUT2D eigenvalue weighted by molar-refractivity contribution is 0.0788. The van der Waals surface area contributed by atoms with Crippen molar-refractivity contribution in [1.82, 2.24) is 9.88 Å². The van der Waals surface area contributed by atoms with Gasteiger partial charge in [-0.2, -0.15) is 0 Å². The van der Waals surface area contributed by atoms with Gasteiger partial charge in [0.25, 0.3) is 5.91 Å². The minimum atomic E-state index is -0.930. The van der Waals surface area contributed by atoms with Crippen LogP contribution >= 0.6 is 0 Å². The number of nitrogens with zero attached hydrogens (tertiary/aromatic N) is 2. The van der Waals surface area contributed by atoms with E-state index in [1.165, 1.54) is 40.3 Å². The number of fused-ring (bicyclic) bond motifs is 3. The van der Waals surface area contributed by atoms with Crippen LogP contribution in [0.15, 0.2) is 79.0 Å². The maximum Gasteiger partial charge on any atom is 0.513 e. The molecule has 0 fully saturated rings. The van der Waals surface area contributed by atoms with E-state index in [2.05, 4.69) is 4.98 Å². The van der Waals surface area contributed by atoms with Crippen molar-refractivity contribution >= 4 is 40.5 Å². The van der Waals surface area contributed by atoms with Gasteiger partial charge in [0.1, 0.15) is 11.6 Å². The third-order valence-corrected chi connectivity index (χ3v) is 6.96. The SMILES string of the molecule is CCOC(=O)OC1=CN(C(=O)c2ccc(F)cc2)CC(C)(C)c2c1[nH]c1cc(OC(=O)N(C)c3ccccc3)ccc21. The summed E-state index contributed by atoms with van der Waals surface area (Å²) in [6.07, 6.45) is -0.0441. The highest BCUT2D eigenvalue weighted by molar-refractivity contribution is 5.98. The van der Waals surface area contributed by atoms with Gasteiger partial charge in [-0.05, 0) is 61.0 Å². The lowest BCUT2D eigenvalue weighted by Gasteiger charge is -2.29. The summed E-state index contributed by atoms with van der Waals surface area (Å²) >= 11 is 0. The number of hydrogen-bond acceptors (Lipinski definition) is 6. The molecule has 1 aliphatic heterocycles. The molecule has 0 saturated carbocycles. The molecule has 1 N–H and O–H groups in total. The highest BCUT2D eigenvalue weighted by Crippen LogP contribution is 2.41. The van der Waals surface area contributed by atoms with Crippen molar-refractivity contribution < 1.29 is 33.0 Å². The molecule has 216 valence electrons. The third-order valence-electron chi connectivity index (χ3n) is 6.96. The molecule has 0 spiro atoms. The van der Waals surface area contributed by atoms with Crippen LogP contribution in [0, 0.1) is 5.82 Å². The predicted octanol–water partition coefficient (Wildman–Crippen LogP) is 6.85. The average molecular weight is 572 g/mol.